The van der Waals surface area contributed by atoms with Crippen LogP contribution in [0.15, 0.2) is 24.8 Å². The molecule has 4 rings (SSSR count). The summed E-state index contributed by atoms with van der Waals surface area (Å²) < 4.78 is 12.0. The Morgan fingerprint density at radius 2 is 2.31 bits per heavy atom. The van der Waals surface area contributed by atoms with Gasteiger partial charge in [0.05, 0.1) is 0 Å². The first kappa shape index (κ1) is 10.5. The number of rotatable bonds is 2. The molecule has 0 aromatic heterocycles. The zero-order chi connectivity index (χ0) is 11.4. The summed E-state index contributed by atoms with van der Waals surface area (Å²) in [4.78, 5) is 0. The van der Waals surface area contributed by atoms with Crippen LogP contribution in [-0.4, -0.2) is 18.5 Å². The van der Waals surface area contributed by atoms with Crippen molar-refractivity contribution in [2.45, 2.75) is 44.0 Å². The Kier molecular flexibility index (Phi) is 1.97. The molecule has 16 heavy (non-hydrogen) atoms. The van der Waals surface area contributed by atoms with E-state index in [2.05, 4.69) is 25.7 Å². The van der Waals surface area contributed by atoms with Crippen LogP contribution < -0.4 is 0 Å². The molecule has 4 atom stereocenters. The molecule has 2 aliphatic carbocycles. The minimum atomic E-state index is -0.360. The highest BCUT2D eigenvalue weighted by atomic mass is 16.7. The zero-order valence-corrected chi connectivity index (χ0v) is 10.2. The summed E-state index contributed by atoms with van der Waals surface area (Å²) in [5.41, 5.74) is -0.0911. The Morgan fingerprint density at radius 3 is 3.00 bits per heavy atom. The van der Waals surface area contributed by atoms with E-state index >= 15 is 0 Å². The lowest BCUT2D eigenvalue weighted by Crippen LogP contribution is -2.67. The van der Waals surface area contributed by atoms with E-state index < -0.39 is 0 Å². The van der Waals surface area contributed by atoms with E-state index in [1.54, 1.807) is 7.11 Å². The van der Waals surface area contributed by atoms with Gasteiger partial charge in [-0.05, 0) is 18.8 Å². The summed E-state index contributed by atoms with van der Waals surface area (Å²) in [5.74, 6) is 0.305. The van der Waals surface area contributed by atoms with E-state index in [0.717, 1.165) is 19.3 Å². The molecule has 1 unspecified atom stereocenters. The lowest BCUT2D eigenvalue weighted by Gasteiger charge is -2.65. The lowest BCUT2D eigenvalue weighted by molar-refractivity contribution is -0.362. The maximum absolute atomic E-state index is 6.31. The Hall–Kier alpha value is -0.600. The first-order valence-electron chi connectivity index (χ1n) is 6.16. The lowest BCUT2D eigenvalue weighted by atomic mass is 9.52. The van der Waals surface area contributed by atoms with Gasteiger partial charge < -0.3 is 9.47 Å². The molecule has 2 heteroatoms. The van der Waals surface area contributed by atoms with Gasteiger partial charge >= 0.3 is 0 Å². The fourth-order valence-electron chi connectivity index (χ4n) is 3.93. The van der Waals surface area contributed by atoms with Gasteiger partial charge in [-0.2, -0.15) is 0 Å². The quantitative estimate of drug-likeness (QED) is 0.666. The first-order chi connectivity index (χ1) is 7.60. The smallest absolute Gasteiger partial charge is 0.169 e. The molecule has 1 saturated carbocycles. The van der Waals surface area contributed by atoms with Crippen LogP contribution in [-0.2, 0) is 9.47 Å². The summed E-state index contributed by atoms with van der Waals surface area (Å²) in [6, 6.07) is 0. The molecule has 4 bridgehead atoms. The second kappa shape index (κ2) is 2.99. The second-order valence-corrected chi connectivity index (χ2v) is 5.67. The van der Waals surface area contributed by atoms with E-state index in [1.807, 2.05) is 6.08 Å². The molecule has 0 radical (unpaired) electrons. The second-order valence-electron chi connectivity index (χ2n) is 5.67. The Balaban J connectivity index is 2.13. The summed E-state index contributed by atoms with van der Waals surface area (Å²) in [6.07, 6.45) is 10.8. The summed E-state index contributed by atoms with van der Waals surface area (Å²) in [7, 11) is 1.77. The molecule has 0 amide bonds. The largest absolute Gasteiger partial charge is 0.353 e. The summed E-state index contributed by atoms with van der Waals surface area (Å²) >= 11 is 0. The van der Waals surface area contributed by atoms with Gasteiger partial charge in [0.2, 0.25) is 0 Å². The third-order valence-electron chi connectivity index (χ3n) is 5.19. The summed E-state index contributed by atoms with van der Waals surface area (Å²) in [5, 5.41) is 0. The van der Waals surface area contributed by atoms with Gasteiger partial charge in [-0.25, -0.2) is 0 Å². The molecule has 2 saturated heterocycles. The fraction of sp³-hybridized carbons (Fsp3) is 0.714. The average molecular weight is 220 g/mol. The first-order valence-corrected chi connectivity index (χ1v) is 6.16. The Bertz CT molecular complexity index is 362. The number of allylic oxidation sites excluding steroid dienone is 1. The van der Waals surface area contributed by atoms with Gasteiger partial charge in [-0.15, -0.1) is 0 Å². The van der Waals surface area contributed by atoms with E-state index in [9.17, 15) is 0 Å². The van der Waals surface area contributed by atoms with Gasteiger partial charge in [-0.3, -0.25) is 0 Å². The molecule has 88 valence electrons. The van der Waals surface area contributed by atoms with E-state index in [1.165, 1.54) is 6.42 Å². The van der Waals surface area contributed by atoms with Gasteiger partial charge in [0.25, 0.3) is 0 Å². The van der Waals surface area contributed by atoms with E-state index in [0.29, 0.717) is 5.92 Å². The van der Waals surface area contributed by atoms with Crippen molar-refractivity contribution in [2.24, 2.45) is 11.3 Å². The third-order valence-corrected chi connectivity index (χ3v) is 5.19. The predicted molar refractivity (Wildman–Crippen MR) is 63.0 cm³/mol. The van der Waals surface area contributed by atoms with Crippen LogP contribution in [0, 0.1) is 11.3 Å². The van der Waals surface area contributed by atoms with Crippen LogP contribution in [0.4, 0.5) is 0 Å². The van der Waals surface area contributed by atoms with Crippen molar-refractivity contribution in [2.75, 3.05) is 7.11 Å². The molecule has 0 aromatic rings. The summed E-state index contributed by atoms with van der Waals surface area (Å²) in [6.45, 7) is 6.34. The van der Waals surface area contributed by atoms with Crippen molar-refractivity contribution < 1.29 is 9.47 Å². The van der Waals surface area contributed by atoms with Gasteiger partial charge in [-0.1, -0.05) is 31.7 Å². The van der Waals surface area contributed by atoms with Crippen LogP contribution in [0.3, 0.4) is 0 Å². The van der Waals surface area contributed by atoms with Crippen LogP contribution in [0.2, 0.25) is 0 Å². The monoisotopic (exact) mass is 220 g/mol. The molecule has 0 spiro atoms. The highest BCUT2D eigenvalue weighted by molar-refractivity contribution is 5.29. The average Bonchev–Trinajstić information content (AvgIpc) is 2.29. The number of hydrogen-bond acceptors (Lipinski definition) is 2. The van der Waals surface area contributed by atoms with Crippen molar-refractivity contribution in [3.8, 4) is 0 Å². The fourth-order valence-corrected chi connectivity index (χ4v) is 3.93. The van der Waals surface area contributed by atoms with Gasteiger partial charge in [0.1, 0.15) is 5.60 Å². The molecule has 4 aliphatic rings. The highest BCUT2D eigenvalue weighted by Crippen LogP contribution is 2.64. The van der Waals surface area contributed by atoms with Gasteiger partial charge in [0, 0.05) is 25.4 Å². The minimum absolute atomic E-state index is 0.212. The predicted octanol–water partition coefficient (Wildman–Crippen LogP) is 3.05. The molecule has 2 nitrogen and oxygen atoms in total. The topological polar surface area (TPSA) is 18.5 Å². The highest BCUT2D eigenvalue weighted by Gasteiger charge is 2.65. The van der Waals surface area contributed by atoms with Crippen LogP contribution in [0.25, 0.3) is 0 Å². The molecule has 2 heterocycles. The van der Waals surface area contributed by atoms with Crippen LogP contribution >= 0.6 is 0 Å². The van der Waals surface area contributed by atoms with Crippen LogP contribution in [0.5, 0.6) is 0 Å². The van der Waals surface area contributed by atoms with Crippen molar-refractivity contribution >= 4 is 0 Å². The van der Waals surface area contributed by atoms with E-state index in [4.69, 9.17) is 9.47 Å². The van der Waals surface area contributed by atoms with Crippen molar-refractivity contribution in [3.05, 3.63) is 24.8 Å². The SMILES string of the molecule is C=C[C@@]12C=CC[C@@H]3CC(OC)(CC[C@@]31C)O2. The number of fused-ring (bicyclic) bond motifs is 1. The standard InChI is InChI=1S/C14H20O2/c1-4-13-7-5-6-11-10-14(15-3,16-13)9-8-12(11,13)2/h4-5,7,11H,1,6,8-10H2,2-3H3/t11-,12+,13-,14?/m1/s1. The molecule has 0 aromatic carbocycles. The zero-order valence-electron chi connectivity index (χ0n) is 10.2. The molecule has 0 N–H and O–H groups in total. The number of methoxy groups -OCH3 is 1. The Morgan fingerprint density at radius 1 is 1.50 bits per heavy atom. The van der Waals surface area contributed by atoms with Crippen molar-refractivity contribution in [3.63, 3.8) is 0 Å². The van der Waals surface area contributed by atoms with Gasteiger partial charge in [0.15, 0.2) is 5.79 Å². The molecule has 2 aliphatic heterocycles. The minimum Gasteiger partial charge on any atom is -0.353 e. The normalized spacial score (nSPS) is 54.0. The van der Waals surface area contributed by atoms with Crippen molar-refractivity contribution in [1.82, 2.24) is 0 Å². The van der Waals surface area contributed by atoms with Crippen molar-refractivity contribution in [1.29, 1.82) is 0 Å². The number of ether oxygens (including phenoxy) is 2. The van der Waals surface area contributed by atoms with Crippen LogP contribution in [0.1, 0.15) is 32.6 Å². The number of hydrogen-bond donors (Lipinski definition) is 0. The molecular weight excluding hydrogens is 200 g/mol. The molecular formula is C14H20O2. The maximum atomic E-state index is 6.31. The maximum Gasteiger partial charge on any atom is 0.169 e. The molecule has 3 fully saturated rings. The Labute approximate surface area is 97.3 Å². The third kappa shape index (κ3) is 1.000. The van der Waals surface area contributed by atoms with E-state index in [-0.39, 0.29) is 16.8 Å².